The van der Waals surface area contributed by atoms with Gasteiger partial charge in [0.25, 0.3) is 5.91 Å². The molecule has 0 atom stereocenters. The maximum atomic E-state index is 14.7. The monoisotopic (exact) mass is 453 g/mol. The predicted octanol–water partition coefficient (Wildman–Crippen LogP) is 3.57. The molecule has 1 aromatic carbocycles. The number of carbonyl (C=O) groups excluding carboxylic acids is 2. The third kappa shape index (κ3) is 4.66. The van der Waals surface area contributed by atoms with Crippen molar-refractivity contribution in [2.75, 3.05) is 5.32 Å². The molecule has 10 nitrogen and oxygen atoms in total. The van der Waals surface area contributed by atoms with Crippen LogP contribution in [0.25, 0.3) is 11.5 Å². The van der Waals surface area contributed by atoms with Gasteiger partial charge in [0, 0.05) is 13.1 Å². The summed E-state index contributed by atoms with van der Waals surface area (Å²) in [4.78, 5) is 30.9. The van der Waals surface area contributed by atoms with E-state index in [0.29, 0.717) is 22.6 Å². The van der Waals surface area contributed by atoms with Crippen LogP contribution in [0.3, 0.4) is 0 Å². The maximum Gasteiger partial charge on any atom is 0.410 e. The number of hydrogen-bond acceptors (Lipinski definition) is 7. The SMILES string of the molecule is CC(C)OC(=O)N1Cc2cc(F)c(C(=O)Nc3cccc(-c4nnnn4C(C)C)n3)cc2C1. The summed E-state index contributed by atoms with van der Waals surface area (Å²) < 4.78 is 21.6. The number of hydrogen-bond donors (Lipinski definition) is 1. The second kappa shape index (κ2) is 8.93. The molecule has 0 saturated carbocycles. The first-order chi connectivity index (χ1) is 15.7. The zero-order valence-corrected chi connectivity index (χ0v) is 18.7. The molecule has 0 radical (unpaired) electrons. The van der Waals surface area contributed by atoms with E-state index < -0.39 is 17.8 Å². The number of halogens is 1. The molecule has 0 fully saturated rings. The molecule has 0 bridgehead atoms. The molecule has 0 unspecified atom stereocenters. The molecular weight excluding hydrogens is 429 g/mol. The van der Waals surface area contributed by atoms with Gasteiger partial charge in [0.2, 0.25) is 5.82 Å². The lowest BCUT2D eigenvalue weighted by Gasteiger charge is -2.17. The van der Waals surface area contributed by atoms with Crippen LogP contribution >= 0.6 is 0 Å². The highest BCUT2D eigenvalue weighted by molar-refractivity contribution is 6.04. The van der Waals surface area contributed by atoms with E-state index in [2.05, 4.69) is 25.8 Å². The van der Waals surface area contributed by atoms with E-state index in [0.717, 1.165) is 0 Å². The molecule has 1 aliphatic rings. The summed E-state index contributed by atoms with van der Waals surface area (Å²) in [5, 5.41) is 14.3. The van der Waals surface area contributed by atoms with E-state index in [1.165, 1.54) is 17.0 Å². The van der Waals surface area contributed by atoms with Gasteiger partial charge in [-0.3, -0.25) is 9.69 Å². The molecule has 4 rings (SSSR count). The van der Waals surface area contributed by atoms with Crippen molar-refractivity contribution in [1.82, 2.24) is 30.1 Å². The fourth-order valence-electron chi connectivity index (χ4n) is 3.52. The van der Waals surface area contributed by atoms with Gasteiger partial charge in [-0.05, 0) is 73.5 Å². The molecular formula is C22H24FN7O3. The van der Waals surface area contributed by atoms with Crippen molar-refractivity contribution in [2.45, 2.75) is 52.9 Å². The van der Waals surface area contributed by atoms with E-state index >= 15 is 0 Å². The molecule has 2 aromatic heterocycles. The Hall–Kier alpha value is -3.89. The van der Waals surface area contributed by atoms with Gasteiger partial charge in [-0.2, -0.15) is 0 Å². The zero-order chi connectivity index (χ0) is 23.7. The zero-order valence-electron chi connectivity index (χ0n) is 18.7. The molecule has 0 spiro atoms. The number of nitrogens with one attached hydrogen (secondary N) is 1. The van der Waals surface area contributed by atoms with Crippen LogP contribution in [-0.2, 0) is 17.8 Å². The van der Waals surface area contributed by atoms with Crippen LogP contribution < -0.4 is 5.32 Å². The van der Waals surface area contributed by atoms with Gasteiger partial charge < -0.3 is 10.1 Å². The van der Waals surface area contributed by atoms with Crippen molar-refractivity contribution in [3.8, 4) is 11.5 Å². The van der Waals surface area contributed by atoms with Gasteiger partial charge >= 0.3 is 6.09 Å². The van der Waals surface area contributed by atoms with E-state index in [1.807, 2.05) is 13.8 Å². The van der Waals surface area contributed by atoms with Crippen LogP contribution in [-0.4, -0.2) is 48.2 Å². The number of benzene rings is 1. The van der Waals surface area contributed by atoms with Crippen LogP contribution in [0.5, 0.6) is 0 Å². The lowest BCUT2D eigenvalue weighted by atomic mass is 10.1. The number of aromatic nitrogens is 5. The Morgan fingerprint density at radius 1 is 1.12 bits per heavy atom. The number of amides is 2. The number of ether oxygens (including phenoxy) is 1. The normalized spacial score (nSPS) is 12.9. The Kier molecular flexibility index (Phi) is 6.03. The maximum absolute atomic E-state index is 14.7. The topological polar surface area (TPSA) is 115 Å². The van der Waals surface area contributed by atoms with Crippen molar-refractivity contribution < 1.29 is 18.7 Å². The Balaban J connectivity index is 1.53. The van der Waals surface area contributed by atoms with Crippen molar-refractivity contribution in [2.24, 2.45) is 0 Å². The van der Waals surface area contributed by atoms with Gasteiger partial charge in [-0.25, -0.2) is 18.9 Å². The highest BCUT2D eigenvalue weighted by atomic mass is 19.1. The average molecular weight is 453 g/mol. The molecule has 1 N–H and O–H groups in total. The van der Waals surface area contributed by atoms with Gasteiger partial charge in [-0.1, -0.05) is 6.07 Å². The highest BCUT2D eigenvalue weighted by Crippen LogP contribution is 2.27. The smallest absolute Gasteiger partial charge is 0.410 e. The molecule has 1 aliphatic heterocycles. The van der Waals surface area contributed by atoms with E-state index in [1.54, 1.807) is 36.7 Å². The van der Waals surface area contributed by atoms with Crippen LogP contribution in [0.15, 0.2) is 30.3 Å². The fraction of sp³-hybridized carbons (Fsp3) is 0.364. The minimum Gasteiger partial charge on any atom is -0.447 e. The summed E-state index contributed by atoms with van der Waals surface area (Å²) in [7, 11) is 0. The Labute approximate surface area is 189 Å². The third-order valence-electron chi connectivity index (χ3n) is 5.05. The van der Waals surface area contributed by atoms with Crippen LogP contribution in [0.1, 0.15) is 55.2 Å². The number of nitrogens with zero attached hydrogens (tertiary/aromatic N) is 6. The molecule has 2 amide bonds. The minimum atomic E-state index is -0.676. The summed E-state index contributed by atoms with van der Waals surface area (Å²) in [5.74, 6) is -0.632. The lowest BCUT2D eigenvalue weighted by molar-refractivity contribution is 0.0760. The summed E-state index contributed by atoms with van der Waals surface area (Å²) in [5.41, 5.74) is 1.68. The Morgan fingerprint density at radius 3 is 2.55 bits per heavy atom. The second-order valence-corrected chi connectivity index (χ2v) is 8.29. The fourth-order valence-corrected chi connectivity index (χ4v) is 3.52. The van der Waals surface area contributed by atoms with Gasteiger partial charge in [-0.15, -0.1) is 5.10 Å². The molecule has 11 heteroatoms. The summed E-state index contributed by atoms with van der Waals surface area (Å²) in [6.07, 6.45) is -0.731. The first-order valence-electron chi connectivity index (χ1n) is 10.6. The van der Waals surface area contributed by atoms with Gasteiger partial charge in [0.1, 0.15) is 17.3 Å². The number of pyridine rings is 1. The summed E-state index contributed by atoms with van der Waals surface area (Å²) >= 11 is 0. The Morgan fingerprint density at radius 2 is 1.85 bits per heavy atom. The minimum absolute atomic E-state index is 0.0212. The summed E-state index contributed by atoms with van der Waals surface area (Å²) in [6, 6.07) is 7.79. The van der Waals surface area contributed by atoms with Crippen molar-refractivity contribution in [3.05, 3.63) is 52.8 Å². The van der Waals surface area contributed by atoms with E-state index in [9.17, 15) is 14.0 Å². The van der Waals surface area contributed by atoms with E-state index in [4.69, 9.17) is 4.74 Å². The summed E-state index contributed by atoms with van der Waals surface area (Å²) in [6.45, 7) is 7.86. The quantitative estimate of drug-likeness (QED) is 0.628. The number of tetrazole rings is 1. The highest BCUT2D eigenvalue weighted by Gasteiger charge is 2.28. The second-order valence-electron chi connectivity index (χ2n) is 8.29. The molecule has 0 aliphatic carbocycles. The predicted molar refractivity (Wildman–Crippen MR) is 117 cm³/mol. The number of carbonyl (C=O) groups is 2. The van der Waals surface area contributed by atoms with Crippen LogP contribution in [0, 0.1) is 5.82 Å². The number of anilines is 1. The van der Waals surface area contributed by atoms with Gasteiger partial charge in [0.15, 0.2) is 0 Å². The van der Waals surface area contributed by atoms with Gasteiger partial charge in [0.05, 0.1) is 17.7 Å². The largest absolute Gasteiger partial charge is 0.447 e. The molecule has 172 valence electrons. The average Bonchev–Trinajstić information content (AvgIpc) is 3.40. The first-order valence-corrected chi connectivity index (χ1v) is 10.6. The molecule has 3 heterocycles. The molecule has 0 saturated heterocycles. The van der Waals surface area contributed by atoms with Crippen molar-refractivity contribution >= 4 is 17.8 Å². The number of fused-ring (bicyclic) bond motifs is 1. The Bertz CT molecular complexity index is 1210. The molecule has 3 aromatic rings. The lowest BCUT2D eigenvalue weighted by Crippen LogP contribution is -2.28. The van der Waals surface area contributed by atoms with Crippen molar-refractivity contribution in [3.63, 3.8) is 0 Å². The van der Waals surface area contributed by atoms with Crippen LogP contribution in [0.2, 0.25) is 0 Å². The first kappa shape index (κ1) is 22.3. The standard InChI is InChI=1S/C22H24FN7O3/c1-12(2)30-20(26-27-28-30)18-6-5-7-19(24-18)25-21(31)16-8-14-10-29(22(32)33-13(3)4)11-15(14)9-17(16)23/h5-9,12-13H,10-11H2,1-4H3,(H,24,25,31). The number of rotatable bonds is 5. The molecule has 33 heavy (non-hydrogen) atoms. The van der Waals surface area contributed by atoms with E-state index in [-0.39, 0.29) is 36.6 Å². The van der Waals surface area contributed by atoms with Crippen molar-refractivity contribution in [1.29, 1.82) is 0 Å². The van der Waals surface area contributed by atoms with Crippen LogP contribution in [0.4, 0.5) is 15.0 Å². The third-order valence-corrected chi connectivity index (χ3v) is 5.05.